The van der Waals surface area contributed by atoms with Gasteiger partial charge in [-0.1, -0.05) is 78.3 Å². The summed E-state index contributed by atoms with van der Waals surface area (Å²) in [6, 6.07) is 24.4. The minimum Gasteiger partial charge on any atom is -0.326 e. The van der Waals surface area contributed by atoms with Gasteiger partial charge in [-0.05, 0) is 35.7 Å². The third-order valence-electron chi connectivity index (χ3n) is 4.36. The summed E-state index contributed by atoms with van der Waals surface area (Å²) in [6.45, 7) is 2.54. The summed E-state index contributed by atoms with van der Waals surface area (Å²) in [5.41, 5.74) is 3.28. The van der Waals surface area contributed by atoms with Crippen molar-refractivity contribution in [2.45, 2.75) is 20.0 Å². The summed E-state index contributed by atoms with van der Waals surface area (Å²) in [5.74, 6) is -1.27. The van der Waals surface area contributed by atoms with Crippen LogP contribution in [-0.4, -0.2) is 16.7 Å². The highest BCUT2D eigenvalue weighted by Crippen LogP contribution is 2.20. The number of nitrogens with one attached hydrogen (secondary N) is 1. The lowest BCUT2D eigenvalue weighted by atomic mass is 10.1. The van der Waals surface area contributed by atoms with Crippen LogP contribution in [0.2, 0.25) is 5.02 Å². The standard InChI is InChI=1S/C23H21ClN2O2/c1-17-12-13-20(24)14-21(17)25-22(27)23(28)26(15-18-8-4-2-5-9-18)16-19-10-6-3-7-11-19/h2-14H,15-16H2,1H3,(H,25,27). The summed E-state index contributed by atoms with van der Waals surface area (Å²) >= 11 is 6.01. The molecule has 3 aromatic carbocycles. The number of aryl methyl sites for hydroxylation is 1. The van der Waals surface area contributed by atoms with Crippen molar-refractivity contribution in [1.29, 1.82) is 0 Å². The highest BCUT2D eigenvalue weighted by molar-refractivity contribution is 6.39. The second kappa shape index (κ2) is 9.20. The van der Waals surface area contributed by atoms with E-state index in [2.05, 4.69) is 5.32 Å². The largest absolute Gasteiger partial charge is 0.326 e. The lowest BCUT2D eigenvalue weighted by Gasteiger charge is -2.23. The molecule has 0 aliphatic rings. The van der Waals surface area contributed by atoms with E-state index in [1.807, 2.05) is 67.6 Å². The van der Waals surface area contributed by atoms with Gasteiger partial charge in [-0.25, -0.2) is 0 Å². The molecule has 0 saturated heterocycles. The van der Waals surface area contributed by atoms with Crippen LogP contribution >= 0.6 is 11.6 Å². The minimum absolute atomic E-state index is 0.344. The second-order valence-corrected chi connectivity index (χ2v) is 6.98. The highest BCUT2D eigenvalue weighted by atomic mass is 35.5. The average Bonchev–Trinajstić information content (AvgIpc) is 2.71. The van der Waals surface area contributed by atoms with E-state index in [0.717, 1.165) is 16.7 Å². The van der Waals surface area contributed by atoms with Crippen LogP contribution in [-0.2, 0) is 22.7 Å². The summed E-state index contributed by atoms with van der Waals surface area (Å²) in [5, 5.41) is 3.19. The first-order valence-corrected chi connectivity index (χ1v) is 9.35. The average molecular weight is 393 g/mol. The molecule has 0 saturated carbocycles. The lowest BCUT2D eigenvalue weighted by molar-refractivity contribution is -0.144. The number of anilines is 1. The molecule has 0 radical (unpaired) electrons. The zero-order valence-electron chi connectivity index (χ0n) is 15.6. The first-order valence-electron chi connectivity index (χ1n) is 8.97. The fourth-order valence-corrected chi connectivity index (χ4v) is 3.03. The Labute approximate surface area is 169 Å². The molecule has 0 unspecified atom stereocenters. The van der Waals surface area contributed by atoms with Gasteiger partial charge in [-0.3, -0.25) is 9.59 Å². The Kier molecular flexibility index (Phi) is 6.45. The van der Waals surface area contributed by atoms with Crippen LogP contribution in [0.15, 0.2) is 78.9 Å². The summed E-state index contributed by atoms with van der Waals surface area (Å²) in [4.78, 5) is 27.1. The molecule has 0 heterocycles. The first-order chi connectivity index (χ1) is 13.5. The van der Waals surface area contributed by atoms with E-state index in [0.29, 0.717) is 23.8 Å². The molecular formula is C23H21ClN2O2. The smallest absolute Gasteiger partial charge is 0.313 e. The Balaban J connectivity index is 1.80. The Morgan fingerprint density at radius 3 is 1.93 bits per heavy atom. The maximum atomic E-state index is 12.9. The van der Waals surface area contributed by atoms with Gasteiger partial charge in [0.05, 0.1) is 0 Å². The third kappa shape index (κ3) is 5.21. The van der Waals surface area contributed by atoms with Crippen molar-refractivity contribution in [2.24, 2.45) is 0 Å². The van der Waals surface area contributed by atoms with Crippen molar-refractivity contribution < 1.29 is 9.59 Å². The number of hydrogen-bond acceptors (Lipinski definition) is 2. The van der Waals surface area contributed by atoms with Crippen LogP contribution in [0.1, 0.15) is 16.7 Å². The Bertz CT molecular complexity index is 917. The first kappa shape index (κ1) is 19.6. The molecule has 2 amide bonds. The number of rotatable bonds is 5. The van der Waals surface area contributed by atoms with E-state index in [1.54, 1.807) is 23.1 Å². The van der Waals surface area contributed by atoms with E-state index in [-0.39, 0.29) is 0 Å². The number of halogens is 1. The Morgan fingerprint density at radius 2 is 1.39 bits per heavy atom. The van der Waals surface area contributed by atoms with Crippen LogP contribution in [0.4, 0.5) is 5.69 Å². The zero-order chi connectivity index (χ0) is 19.9. The third-order valence-corrected chi connectivity index (χ3v) is 4.60. The molecular weight excluding hydrogens is 372 g/mol. The summed E-state index contributed by atoms with van der Waals surface area (Å²) in [7, 11) is 0. The Hall–Kier alpha value is -3.11. The van der Waals surface area contributed by atoms with Crippen LogP contribution in [0.5, 0.6) is 0 Å². The molecule has 0 fully saturated rings. The summed E-state index contributed by atoms with van der Waals surface area (Å²) in [6.07, 6.45) is 0. The van der Waals surface area contributed by atoms with Gasteiger partial charge in [-0.15, -0.1) is 0 Å². The van der Waals surface area contributed by atoms with E-state index >= 15 is 0 Å². The molecule has 0 bridgehead atoms. The number of carbonyl (C=O) groups is 2. The predicted octanol–water partition coefficient (Wildman–Crippen LogP) is 4.82. The van der Waals surface area contributed by atoms with Crippen molar-refractivity contribution in [3.63, 3.8) is 0 Å². The number of benzene rings is 3. The molecule has 142 valence electrons. The van der Waals surface area contributed by atoms with E-state index < -0.39 is 11.8 Å². The topological polar surface area (TPSA) is 49.4 Å². The molecule has 3 rings (SSSR count). The van der Waals surface area contributed by atoms with Crippen LogP contribution in [0, 0.1) is 6.92 Å². The van der Waals surface area contributed by atoms with Crippen molar-refractivity contribution in [3.05, 3.63) is 101 Å². The van der Waals surface area contributed by atoms with E-state index in [1.165, 1.54) is 0 Å². The number of nitrogens with zero attached hydrogens (tertiary/aromatic N) is 1. The molecule has 0 aliphatic heterocycles. The molecule has 0 aromatic heterocycles. The van der Waals surface area contributed by atoms with Crippen LogP contribution in [0.3, 0.4) is 0 Å². The van der Waals surface area contributed by atoms with Gasteiger partial charge >= 0.3 is 11.8 Å². The Morgan fingerprint density at radius 1 is 0.857 bits per heavy atom. The van der Waals surface area contributed by atoms with E-state index in [4.69, 9.17) is 11.6 Å². The maximum Gasteiger partial charge on any atom is 0.313 e. The molecule has 28 heavy (non-hydrogen) atoms. The fraction of sp³-hybridized carbons (Fsp3) is 0.130. The van der Waals surface area contributed by atoms with Crippen molar-refractivity contribution in [1.82, 2.24) is 4.90 Å². The monoisotopic (exact) mass is 392 g/mol. The molecule has 1 N–H and O–H groups in total. The highest BCUT2D eigenvalue weighted by Gasteiger charge is 2.23. The van der Waals surface area contributed by atoms with Crippen LogP contribution < -0.4 is 5.32 Å². The van der Waals surface area contributed by atoms with Crippen molar-refractivity contribution >= 4 is 29.1 Å². The molecule has 0 aliphatic carbocycles. The molecule has 5 heteroatoms. The zero-order valence-corrected chi connectivity index (χ0v) is 16.3. The fourth-order valence-electron chi connectivity index (χ4n) is 2.86. The lowest BCUT2D eigenvalue weighted by Crippen LogP contribution is -2.39. The number of amides is 2. The molecule has 0 spiro atoms. The van der Waals surface area contributed by atoms with Crippen molar-refractivity contribution in [2.75, 3.05) is 5.32 Å². The SMILES string of the molecule is Cc1ccc(Cl)cc1NC(=O)C(=O)N(Cc1ccccc1)Cc1ccccc1. The predicted molar refractivity (Wildman–Crippen MR) is 112 cm³/mol. The van der Waals surface area contributed by atoms with Gasteiger partial charge in [0, 0.05) is 23.8 Å². The van der Waals surface area contributed by atoms with Gasteiger partial charge in [0.25, 0.3) is 0 Å². The molecule has 3 aromatic rings. The second-order valence-electron chi connectivity index (χ2n) is 6.55. The molecule has 0 atom stereocenters. The van der Waals surface area contributed by atoms with Gasteiger partial charge in [0.1, 0.15) is 0 Å². The quantitative estimate of drug-likeness (QED) is 0.633. The maximum absolute atomic E-state index is 12.9. The van der Waals surface area contributed by atoms with Crippen LogP contribution in [0.25, 0.3) is 0 Å². The number of hydrogen-bond donors (Lipinski definition) is 1. The van der Waals surface area contributed by atoms with E-state index in [9.17, 15) is 9.59 Å². The normalized spacial score (nSPS) is 10.4. The minimum atomic E-state index is -0.683. The molecule has 4 nitrogen and oxygen atoms in total. The van der Waals surface area contributed by atoms with Gasteiger partial charge in [0.2, 0.25) is 0 Å². The van der Waals surface area contributed by atoms with Gasteiger partial charge in [0.15, 0.2) is 0 Å². The van der Waals surface area contributed by atoms with Crippen molar-refractivity contribution in [3.8, 4) is 0 Å². The van der Waals surface area contributed by atoms with Gasteiger partial charge in [-0.2, -0.15) is 0 Å². The summed E-state index contributed by atoms with van der Waals surface area (Å²) < 4.78 is 0. The van der Waals surface area contributed by atoms with Gasteiger partial charge < -0.3 is 10.2 Å². The number of carbonyl (C=O) groups excluding carboxylic acids is 2.